The lowest BCUT2D eigenvalue weighted by Crippen LogP contribution is -2.54. The van der Waals surface area contributed by atoms with Crippen molar-refractivity contribution in [3.8, 4) is 0 Å². The van der Waals surface area contributed by atoms with Crippen molar-refractivity contribution in [1.82, 2.24) is 0 Å². The van der Waals surface area contributed by atoms with Gasteiger partial charge in [-0.05, 0) is 23.5 Å². The van der Waals surface area contributed by atoms with Gasteiger partial charge in [0, 0.05) is 0 Å². The summed E-state index contributed by atoms with van der Waals surface area (Å²) in [4.78, 5) is 24.2. The van der Waals surface area contributed by atoms with Gasteiger partial charge in [-0.25, -0.2) is 0 Å². The van der Waals surface area contributed by atoms with Crippen molar-refractivity contribution in [3.63, 3.8) is 0 Å². The normalized spacial score (nSPS) is 34.9. The molecule has 1 aromatic rings. The van der Waals surface area contributed by atoms with E-state index in [2.05, 4.69) is 0 Å². The van der Waals surface area contributed by atoms with Gasteiger partial charge in [-0.2, -0.15) is 0 Å². The van der Waals surface area contributed by atoms with Crippen LogP contribution in [0.25, 0.3) is 0 Å². The molecule has 3 atom stereocenters. The monoisotopic (exact) mass is 256 g/mol. The molecule has 0 spiro atoms. The summed E-state index contributed by atoms with van der Waals surface area (Å²) >= 11 is 0. The Labute approximate surface area is 111 Å². The topological polar surface area (TPSA) is 86.2 Å². The van der Waals surface area contributed by atoms with E-state index in [-0.39, 0.29) is 5.92 Å². The van der Waals surface area contributed by atoms with Crippen molar-refractivity contribution in [2.45, 2.75) is 24.2 Å². The van der Waals surface area contributed by atoms with Crippen LogP contribution in [0.3, 0.4) is 0 Å². The smallest absolute Gasteiger partial charge is 0.231 e. The fraction of sp³-hybridized carbons (Fsp3) is 0.333. The summed E-state index contributed by atoms with van der Waals surface area (Å²) in [5.41, 5.74) is 11.2. The summed E-state index contributed by atoms with van der Waals surface area (Å²) in [7, 11) is 0. The third-order valence-corrected chi connectivity index (χ3v) is 4.80. The predicted molar refractivity (Wildman–Crippen MR) is 71.1 cm³/mol. The molecule has 4 N–H and O–H groups in total. The van der Waals surface area contributed by atoms with Crippen molar-refractivity contribution in [2.24, 2.45) is 17.4 Å². The number of carbonyl (C=O) groups excluding carboxylic acids is 2. The number of nitrogens with two attached hydrogens (primary N) is 2. The first kappa shape index (κ1) is 12.0. The fourth-order valence-corrected chi connectivity index (χ4v) is 3.53. The molecule has 0 aromatic heterocycles. The van der Waals surface area contributed by atoms with Crippen LogP contribution in [0.5, 0.6) is 0 Å². The number of amides is 2. The average molecular weight is 256 g/mol. The van der Waals surface area contributed by atoms with Crippen LogP contribution in [0.4, 0.5) is 0 Å². The molecular formula is C15H16N2O2. The summed E-state index contributed by atoms with van der Waals surface area (Å²) in [6.07, 6.45) is 4.05. The summed E-state index contributed by atoms with van der Waals surface area (Å²) in [5.74, 6) is -0.893. The quantitative estimate of drug-likeness (QED) is 0.765. The van der Waals surface area contributed by atoms with Crippen LogP contribution in [-0.4, -0.2) is 11.8 Å². The van der Waals surface area contributed by atoms with E-state index in [1.807, 2.05) is 43.3 Å². The number of fused-ring (bicyclic) bond motifs is 2. The third-order valence-electron chi connectivity index (χ3n) is 4.80. The van der Waals surface area contributed by atoms with Crippen LogP contribution in [0, 0.1) is 5.92 Å². The summed E-state index contributed by atoms with van der Waals surface area (Å²) < 4.78 is 0. The molecule has 4 heteroatoms. The van der Waals surface area contributed by atoms with E-state index in [1.54, 1.807) is 0 Å². The molecule has 3 aliphatic rings. The van der Waals surface area contributed by atoms with Gasteiger partial charge < -0.3 is 11.5 Å². The predicted octanol–water partition coefficient (Wildman–Crippen LogP) is 0.742. The number of primary amides is 2. The Bertz CT molecular complexity index is 605. The Hall–Kier alpha value is -2.10. The highest BCUT2D eigenvalue weighted by Crippen LogP contribution is 2.51. The second-order valence-electron chi connectivity index (χ2n) is 5.57. The molecule has 3 aliphatic carbocycles. The minimum absolute atomic E-state index is 0.0563. The van der Waals surface area contributed by atoms with Gasteiger partial charge in [0.05, 0.1) is 10.8 Å². The van der Waals surface area contributed by atoms with Gasteiger partial charge in [0.1, 0.15) is 0 Å². The number of rotatable bonds is 2. The van der Waals surface area contributed by atoms with E-state index < -0.39 is 22.6 Å². The van der Waals surface area contributed by atoms with E-state index >= 15 is 0 Å². The van der Waals surface area contributed by atoms with Gasteiger partial charge in [0.15, 0.2) is 0 Å². The third kappa shape index (κ3) is 1.23. The maximum atomic E-state index is 12.1. The lowest BCUT2D eigenvalue weighted by molar-refractivity contribution is -0.128. The van der Waals surface area contributed by atoms with Crippen molar-refractivity contribution in [1.29, 1.82) is 0 Å². The zero-order valence-electron chi connectivity index (χ0n) is 10.7. The number of hydrogen-bond acceptors (Lipinski definition) is 2. The summed E-state index contributed by atoms with van der Waals surface area (Å²) in [6.45, 7) is 1.95. The maximum Gasteiger partial charge on any atom is 0.231 e. The van der Waals surface area contributed by atoms with Gasteiger partial charge in [-0.3, -0.25) is 9.59 Å². The zero-order valence-corrected chi connectivity index (χ0v) is 10.7. The van der Waals surface area contributed by atoms with Crippen LogP contribution in [-0.2, 0) is 20.4 Å². The highest BCUT2D eigenvalue weighted by atomic mass is 16.2. The first-order valence-electron chi connectivity index (χ1n) is 6.34. The van der Waals surface area contributed by atoms with Gasteiger partial charge in [-0.1, -0.05) is 43.3 Å². The van der Waals surface area contributed by atoms with Crippen molar-refractivity contribution < 1.29 is 9.59 Å². The number of benzene rings is 1. The zero-order chi connectivity index (χ0) is 13.8. The molecular weight excluding hydrogens is 240 g/mol. The summed E-state index contributed by atoms with van der Waals surface area (Å²) in [6, 6.07) is 7.50. The molecule has 0 fully saturated rings. The van der Waals surface area contributed by atoms with E-state index in [0.29, 0.717) is 6.42 Å². The molecule has 0 heterocycles. The highest BCUT2D eigenvalue weighted by molar-refractivity contribution is 5.95. The van der Waals surface area contributed by atoms with Gasteiger partial charge in [0.2, 0.25) is 11.8 Å². The Morgan fingerprint density at radius 1 is 1.11 bits per heavy atom. The standard InChI is InChI=1S/C15H16N2O2/c1-9-6-7-14(12(16)18)8-15(9,13(17)19)11-4-2-10(14)3-5-11/h2-7,9H,8H2,1H3,(H2,16,18)(H2,17,19). The van der Waals surface area contributed by atoms with Gasteiger partial charge in [-0.15, -0.1) is 0 Å². The number of carbonyl (C=O) groups is 2. The van der Waals surface area contributed by atoms with Crippen LogP contribution in [0.2, 0.25) is 0 Å². The molecule has 4 bridgehead atoms. The highest BCUT2D eigenvalue weighted by Gasteiger charge is 2.55. The van der Waals surface area contributed by atoms with Gasteiger partial charge >= 0.3 is 0 Å². The molecule has 3 unspecified atom stereocenters. The maximum absolute atomic E-state index is 12.1. The largest absolute Gasteiger partial charge is 0.369 e. The molecule has 0 aliphatic heterocycles. The first-order valence-corrected chi connectivity index (χ1v) is 6.34. The molecule has 0 saturated carbocycles. The minimum atomic E-state index is -0.924. The van der Waals surface area contributed by atoms with E-state index in [1.165, 1.54) is 0 Å². The lowest BCUT2D eigenvalue weighted by atomic mass is 9.58. The van der Waals surface area contributed by atoms with Crippen LogP contribution < -0.4 is 11.5 Å². The van der Waals surface area contributed by atoms with Crippen molar-refractivity contribution in [3.05, 3.63) is 47.5 Å². The Kier molecular flexibility index (Phi) is 2.18. The second kappa shape index (κ2) is 3.47. The second-order valence-corrected chi connectivity index (χ2v) is 5.57. The lowest BCUT2D eigenvalue weighted by Gasteiger charge is -2.43. The molecule has 4 nitrogen and oxygen atoms in total. The molecule has 4 rings (SSSR count). The first-order chi connectivity index (χ1) is 8.93. The van der Waals surface area contributed by atoms with E-state index in [4.69, 9.17) is 11.5 Å². The minimum Gasteiger partial charge on any atom is -0.369 e. The summed E-state index contributed by atoms with van der Waals surface area (Å²) in [5, 5.41) is 0. The number of hydrogen-bond donors (Lipinski definition) is 2. The molecule has 98 valence electrons. The Balaban J connectivity index is 2.38. The van der Waals surface area contributed by atoms with Crippen molar-refractivity contribution in [2.75, 3.05) is 0 Å². The van der Waals surface area contributed by atoms with Crippen LogP contribution >= 0.6 is 0 Å². The molecule has 0 radical (unpaired) electrons. The van der Waals surface area contributed by atoms with E-state index in [9.17, 15) is 9.59 Å². The Morgan fingerprint density at radius 2 is 1.68 bits per heavy atom. The molecule has 1 aromatic carbocycles. The van der Waals surface area contributed by atoms with Crippen LogP contribution in [0.1, 0.15) is 24.5 Å². The molecule has 0 saturated heterocycles. The number of allylic oxidation sites excluding steroid dienone is 1. The van der Waals surface area contributed by atoms with E-state index in [0.717, 1.165) is 11.1 Å². The Morgan fingerprint density at radius 3 is 2.21 bits per heavy atom. The fourth-order valence-electron chi connectivity index (χ4n) is 3.53. The average Bonchev–Trinajstić information content (AvgIpc) is 2.58. The molecule has 19 heavy (non-hydrogen) atoms. The molecule has 2 amide bonds. The van der Waals surface area contributed by atoms with Crippen LogP contribution in [0.15, 0.2) is 36.4 Å². The van der Waals surface area contributed by atoms with Crippen molar-refractivity contribution >= 4 is 11.8 Å². The SMILES string of the molecule is CC1C=CC2(C(N)=O)CC1(C(N)=O)c1ccc2cc1. The van der Waals surface area contributed by atoms with Gasteiger partial charge in [0.25, 0.3) is 0 Å².